The van der Waals surface area contributed by atoms with E-state index in [-0.39, 0.29) is 24.4 Å². The molecule has 1 aromatic carbocycles. The molecule has 0 spiro atoms. The van der Waals surface area contributed by atoms with Crippen molar-refractivity contribution in [1.29, 1.82) is 0 Å². The van der Waals surface area contributed by atoms with Gasteiger partial charge in [0.2, 0.25) is 5.91 Å². The predicted molar refractivity (Wildman–Crippen MR) is 96.3 cm³/mol. The van der Waals surface area contributed by atoms with Crippen LogP contribution in [0.2, 0.25) is 0 Å². The van der Waals surface area contributed by atoms with E-state index in [1.807, 2.05) is 0 Å². The van der Waals surface area contributed by atoms with Crippen LogP contribution in [0.5, 0.6) is 0 Å². The van der Waals surface area contributed by atoms with E-state index in [0.717, 1.165) is 12.1 Å². The van der Waals surface area contributed by atoms with Gasteiger partial charge in [0.05, 0.1) is 17.7 Å². The molecule has 0 aliphatic carbocycles. The number of halogens is 2. The first-order chi connectivity index (χ1) is 12.5. The van der Waals surface area contributed by atoms with E-state index in [1.165, 1.54) is 28.7 Å². The highest BCUT2D eigenvalue weighted by molar-refractivity contribution is 7.14. The number of nitrogens with zero attached hydrogens (tertiary/aromatic N) is 1. The van der Waals surface area contributed by atoms with Crippen molar-refractivity contribution in [3.8, 4) is 0 Å². The third-order valence-corrected chi connectivity index (χ3v) is 4.91. The van der Waals surface area contributed by atoms with Crippen LogP contribution in [-0.2, 0) is 17.8 Å². The van der Waals surface area contributed by atoms with Crippen molar-refractivity contribution in [2.75, 3.05) is 5.32 Å². The van der Waals surface area contributed by atoms with Gasteiger partial charge in [-0.25, -0.2) is 13.8 Å². The molecule has 3 aromatic rings. The number of hydrogen-bond acceptors (Lipinski definition) is 5. The van der Waals surface area contributed by atoms with Gasteiger partial charge in [-0.1, -0.05) is 6.07 Å². The van der Waals surface area contributed by atoms with E-state index in [4.69, 9.17) is 0 Å². The molecule has 2 N–H and O–H groups in total. The van der Waals surface area contributed by atoms with Crippen LogP contribution in [0.15, 0.2) is 40.4 Å². The van der Waals surface area contributed by atoms with Crippen molar-refractivity contribution >= 4 is 39.6 Å². The monoisotopic (exact) mass is 393 g/mol. The van der Waals surface area contributed by atoms with E-state index in [2.05, 4.69) is 15.6 Å². The lowest BCUT2D eigenvalue weighted by atomic mass is 10.2. The summed E-state index contributed by atoms with van der Waals surface area (Å²) >= 11 is 2.61. The fourth-order valence-corrected chi connectivity index (χ4v) is 3.46. The SMILES string of the molecule is O=C(Cc1csc(NC(=O)c2ccsc2)n1)NCc1c(F)cccc1F. The summed E-state index contributed by atoms with van der Waals surface area (Å²) < 4.78 is 27.1. The molecule has 5 nitrogen and oxygen atoms in total. The standard InChI is InChI=1S/C17H13F2N3O2S2/c18-13-2-1-3-14(19)12(13)7-20-15(23)6-11-9-26-17(21-11)22-16(24)10-4-5-25-8-10/h1-5,8-9H,6-7H2,(H,20,23)(H,21,22,24). The van der Waals surface area contributed by atoms with Gasteiger partial charge < -0.3 is 5.32 Å². The predicted octanol–water partition coefficient (Wildman–Crippen LogP) is 3.59. The van der Waals surface area contributed by atoms with E-state index in [0.29, 0.717) is 16.4 Å². The van der Waals surface area contributed by atoms with Gasteiger partial charge in [-0.3, -0.25) is 14.9 Å². The lowest BCUT2D eigenvalue weighted by molar-refractivity contribution is -0.120. The number of anilines is 1. The van der Waals surface area contributed by atoms with Crippen LogP contribution in [-0.4, -0.2) is 16.8 Å². The zero-order valence-electron chi connectivity index (χ0n) is 13.3. The molecular weight excluding hydrogens is 380 g/mol. The van der Waals surface area contributed by atoms with Gasteiger partial charge in [-0.2, -0.15) is 11.3 Å². The summed E-state index contributed by atoms with van der Waals surface area (Å²) in [7, 11) is 0. The zero-order chi connectivity index (χ0) is 18.5. The Balaban J connectivity index is 1.54. The zero-order valence-corrected chi connectivity index (χ0v) is 14.9. The molecule has 0 unspecified atom stereocenters. The molecule has 3 rings (SSSR count). The van der Waals surface area contributed by atoms with Gasteiger partial charge in [0.25, 0.3) is 5.91 Å². The highest BCUT2D eigenvalue weighted by Gasteiger charge is 2.13. The molecule has 0 saturated heterocycles. The van der Waals surface area contributed by atoms with Crippen LogP contribution in [0, 0.1) is 11.6 Å². The van der Waals surface area contributed by atoms with Crippen molar-refractivity contribution in [2.24, 2.45) is 0 Å². The summed E-state index contributed by atoms with van der Waals surface area (Å²) in [5.74, 6) is -2.12. The van der Waals surface area contributed by atoms with Crippen molar-refractivity contribution in [1.82, 2.24) is 10.3 Å². The highest BCUT2D eigenvalue weighted by atomic mass is 32.1. The average molecular weight is 393 g/mol. The Hall–Kier alpha value is -2.65. The number of carbonyl (C=O) groups excluding carboxylic acids is 2. The second-order valence-corrected chi connectivity index (χ2v) is 6.90. The molecule has 134 valence electrons. The van der Waals surface area contributed by atoms with Crippen LogP contribution < -0.4 is 10.6 Å². The Kier molecular flexibility index (Phi) is 5.69. The molecular formula is C17H13F2N3O2S2. The maximum absolute atomic E-state index is 13.5. The first kappa shape index (κ1) is 18.2. The van der Waals surface area contributed by atoms with Crippen molar-refractivity contribution in [3.05, 3.63) is 68.9 Å². The fraction of sp³-hybridized carbons (Fsp3) is 0.118. The number of rotatable bonds is 6. The summed E-state index contributed by atoms with van der Waals surface area (Å²) in [6.45, 7) is -0.247. The Morgan fingerprint density at radius 1 is 1.12 bits per heavy atom. The molecule has 0 aliphatic heterocycles. The molecule has 2 amide bonds. The normalized spacial score (nSPS) is 10.5. The van der Waals surface area contributed by atoms with Gasteiger partial charge >= 0.3 is 0 Å². The average Bonchev–Trinajstić information content (AvgIpc) is 3.26. The number of hydrogen-bond donors (Lipinski definition) is 2. The molecule has 26 heavy (non-hydrogen) atoms. The number of benzene rings is 1. The van der Waals surface area contributed by atoms with Gasteiger partial charge in [-0.05, 0) is 23.6 Å². The lowest BCUT2D eigenvalue weighted by Gasteiger charge is -2.06. The Morgan fingerprint density at radius 2 is 1.88 bits per heavy atom. The van der Waals surface area contributed by atoms with Crippen LogP contribution in [0.25, 0.3) is 0 Å². The molecule has 0 aliphatic rings. The van der Waals surface area contributed by atoms with Crippen LogP contribution in [0.1, 0.15) is 21.6 Å². The molecule has 0 saturated carbocycles. The first-order valence-electron chi connectivity index (χ1n) is 7.50. The molecule has 2 aromatic heterocycles. The number of thiophene rings is 1. The summed E-state index contributed by atoms with van der Waals surface area (Å²) in [5, 5.41) is 10.7. The summed E-state index contributed by atoms with van der Waals surface area (Å²) in [6, 6.07) is 5.22. The Labute approximate surface area is 155 Å². The van der Waals surface area contributed by atoms with E-state index in [9.17, 15) is 18.4 Å². The van der Waals surface area contributed by atoms with Crippen molar-refractivity contribution < 1.29 is 18.4 Å². The number of thiazole rings is 1. The molecule has 0 bridgehead atoms. The summed E-state index contributed by atoms with van der Waals surface area (Å²) in [4.78, 5) is 28.1. The fourth-order valence-electron chi connectivity index (χ4n) is 2.12. The Morgan fingerprint density at radius 3 is 2.58 bits per heavy atom. The molecule has 0 radical (unpaired) electrons. The minimum Gasteiger partial charge on any atom is -0.351 e. The first-order valence-corrected chi connectivity index (χ1v) is 9.32. The number of carbonyl (C=O) groups is 2. The maximum Gasteiger partial charge on any atom is 0.258 e. The highest BCUT2D eigenvalue weighted by Crippen LogP contribution is 2.18. The van der Waals surface area contributed by atoms with Gasteiger partial charge in [0.15, 0.2) is 5.13 Å². The number of amides is 2. The quantitative estimate of drug-likeness (QED) is 0.672. The maximum atomic E-state index is 13.5. The third-order valence-electron chi connectivity index (χ3n) is 3.42. The van der Waals surface area contributed by atoms with Gasteiger partial charge in [0, 0.05) is 22.9 Å². The largest absolute Gasteiger partial charge is 0.351 e. The second kappa shape index (κ2) is 8.15. The lowest BCUT2D eigenvalue weighted by Crippen LogP contribution is -2.25. The van der Waals surface area contributed by atoms with Crippen molar-refractivity contribution in [2.45, 2.75) is 13.0 Å². The van der Waals surface area contributed by atoms with E-state index in [1.54, 1.807) is 22.2 Å². The summed E-state index contributed by atoms with van der Waals surface area (Å²) in [6.07, 6.45) is -0.0547. The summed E-state index contributed by atoms with van der Waals surface area (Å²) in [5.41, 5.74) is 0.807. The second-order valence-electron chi connectivity index (χ2n) is 5.26. The third kappa shape index (κ3) is 4.50. The van der Waals surface area contributed by atoms with Crippen molar-refractivity contribution in [3.63, 3.8) is 0 Å². The molecule has 0 atom stereocenters. The molecule has 2 heterocycles. The van der Waals surface area contributed by atoms with Crippen LogP contribution >= 0.6 is 22.7 Å². The smallest absolute Gasteiger partial charge is 0.258 e. The molecule has 0 fully saturated rings. The van der Waals surface area contributed by atoms with Crippen LogP contribution in [0.3, 0.4) is 0 Å². The number of aromatic nitrogens is 1. The minimum absolute atomic E-state index is 0.0547. The Bertz CT molecular complexity index is 906. The number of nitrogens with one attached hydrogen (secondary N) is 2. The van der Waals surface area contributed by atoms with Gasteiger partial charge in [0.1, 0.15) is 11.6 Å². The van der Waals surface area contributed by atoms with Crippen LogP contribution in [0.4, 0.5) is 13.9 Å². The topological polar surface area (TPSA) is 71.1 Å². The van der Waals surface area contributed by atoms with Gasteiger partial charge in [-0.15, -0.1) is 11.3 Å². The molecule has 9 heteroatoms. The van der Waals surface area contributed by atoms with E-state index >= 15 is 0 Å². The minimum atomic E-state index is -0.711. The van der Waals surface area contributed by atoms with E-state index < -0.39 is 17.5 Å².